The molecule has 4 amide bonds. The van der Waals surface area contributed by atoms with Crippen LogP contribution in [0.2, 0.25) is 0 Å². The van der Waals surface area contributed by atoms with Crippen LogP contribution in [0.1, 0.15) is 63.6 Å². The Morgan fingerprint density at radius 1 is 0.881 bits per heavy atom. The van der Waals surface area contributed by atoms with E-state index < -0.39 is 78.2 Å². The van der Waals surface area contributed by atoms with Gasteiger partial charge >= 0.3 is 18.2 Å². The molecule has 0 radical (unpaired) electrons. The second-order valence-electron chi connectivity index (χ2n) is 10.4. The number of rotatable bonds is 15. The fourth-order valence-corrected chi connectivity index (χ4v) is 4.00. The van der Waals surface area contributed by atoms with E-state index in [1.165, 1.54) is 13.0 Å². The Hall–Kier alpha value is -3.78. The molecule has 0 heterocycles. The van der Waals surface area contributed by atoms with Gasteiger partial charge in [0.1, 0.15) is 18.1 Å². The fraction of sp³-hybridized carbons (Fsp3) is 0.593. The lowest BCUT2D eigenvalue weighted by molar-refractivity contribution is -0.151. The number of Topliss-reactive ketones (excluding diaryl/α,β-unsaturated/α-hetero) is 1. The van der Waals surface area contributed by atoms with Gasteiger partial charge in [-0.3, -0.25) is 14.4 Å². The van der Waals surface area contributed by atoms with Gasteiger partial charge in [0, 0.05) is 13.0 Å². The molecule has 0 saturated heterocycles. The van der Waals surface area contributed by atoms with Gasteiger partial charge in [-0.1, -0.05) is 45.7 Å². The van der Waals surface area contributed by atoms with Crippen molar-refractivity contribution in [2.45, 2.75) is 91.2 Å². The monoisotopic (exact) mass is 608 g/mol. The quantitative estimate of drug-likeness (QED) is 0.152. The Kier molecular flexibility index (Phi) is 13.8. The second-order valence-corrected chi connectivity index (χ2v) is 10.4. The van der Waals surface area contributed by atoms with Crippen molar-refractivity contribution in [2.24, 2.45) is 11.8 Å². The molecule has 4 atom stereocenters. The third kappa shape index (κ3) is 12.0. The van der Waals surface area contributed by atoms with E-state index >= 15 is 0 Å². The molecule has 1 rings (SSSR count). The van der Waals surface area contributed by atoms with Crippen molar-refractivity contribution in [3.05, 3.63) is 34.9 Å². The first kappa shape index (κ1) is 36.2. The minimum atomic E-state index is -4.58. The predicted octanol–water partition coefficient (Wildman–Crippen LogP) is 3.55. The van der Waals surface area contributed by atoms with Crippen LogP contribution in [-0.2, 0) is 31.9 Å². The van der Waals surface area contributed by atoms with Gasteiger partial charge in [0.25, 0.3) is 5.78 Å². The summed E-state index contributed by atoms with van der Waals surface area (Å²) in [7, 11) is 0. The molecule has 5 N–H and O–H groups in total. The van der Waals surface area contributed by atoms with Crippen LogP contribution in [0.3, 0.4) is 0 Å². The van der Waals surface area contributed by atoms with Crippen molar-refractivity contribution >= 4 is 29.6 Å². The van der Waals surface area contributed by atoms with Crippen molar-refractivity contribution in [1.82, 2.24) is 21.3 Å². The van der Waals surface area contributed by atoms with Gasteiger partial charge in [-0.15, -0.1) is 0 Å². The zero-order valence-electron chi connectivity index (χ0n) is 23.9. The van der Waals surface area contributed by atoms with Crippen LogP contribution >= 0.6 is 0 Å². The van der Waals surface area contributed by atoms with Crippen LogP contribution in [0, 0.1) is 18.8 Å². The molecule has 4 unspecified atom stereocenters. The summed E-state index contributed by atoms with van der Waals surface area (Å²) in [5, 5.41) is 18.2. The van der Waals surface area contributed by atoms with Gasteiger partial charge in [0.2, 0.25) is 18.2 Å². The molecule has 0 saturated carbocycles. The number of hydrogen-bond donors (Lipinski definition) is 5. The summed E-state index contributed by atoms with van der Waals surface area (Å²) in [6.07, 6.45) is -8.57. The zero-order valence-corrected chi connectivity index (χ0v) is 23.9. The number of alkyl halides is 5. The molecule has 0 aliphatic carbocycles. The molecule has 0 aliphatic heterocycles. The first-order valence-corrected chi connectivity index (χ1v) is 13.2. The molecule has 15 heteroatoms. The Morgan fingerprint density at radius 2 is 1.48 bits per heavy atom. The standard InChI is InChI=1S/C27H37F5N4O6/c1-6-15(5)21(36-26(42)33-12-16-8-14(4)9-17(10-16)27(30,31)32)24(39)35-19(7-13(2)3)23(38)34-18(11-20(28)29)22(37)25(40)41/h8-10,13,15,18-21H,6-7,11-12H2,1-5H3,(H,34,38)(H,35,39)(H,40,41)(H2,33,36,42). The third-order valence-electron chi connectivity index (χ3n) is 6.30. The number of aryl methyl sites for hydroxylation is 1. The lowest BCUT2D eigenvalue weighted by Gasteiger charge is -2.28. The normalized spacial score (nSPS) is 14.5. The van der Waals surface area contributed by atoms with E-state index in [1.807, 2.05) is 5.32 Å². The minimum Gasteiger partial charge on any atom is -0.475 e. The number of carbonyl (C=O) groups excluding carboxylic acids is 4. The van der Waals surface area contributed by atoms with Crippen LogP contribution in [0.5, 0.6) is 0 Å². The Labute approximate surface area is 240 Å². The summed E-state index contributed by atoms with van der Waals surface area (Å²) in [4.78, 5) is 61.6. The molecule has 0 aromatic heterocycles. The molecular weight excluding hydrogens is 571 g/mol. The molecule has 0 aliphatic rings. The number of ketones is 1. The summed E-state index contributed by atoms with van der Waals surface area (Å²) in [5.74, 6) is -6.27. The molecule has 1 aromatic rings. The van der Waals surface area contributed by atoms with Crippen LogP contribution < -0.4 is 21.3 Å². The average molecular weight is 609 g/mol. The molecule has 1 aromatic carbocycles. The van der Waals surface area contributed by atoms with Crippen LogP contribution in [0.25, 0.3) is 0 Å². The average Bonchev–Trinajstić information content (AvgIpc) is 2.87. The number of hydrogen-bond acceptors (Lipinski definition) is 5. The van der Waals surface area contributed by atoms with Crippen molar-refractivity contribution in [1.29, 1.82) is 0 Å². The van der Waals surface area contributed by atoms with Crippen LogP contribution in [-0.4, -0.2) is 59.3 Å². The third-order valence-corrected chi connectivity index (χ3v) is 6.30. The van der Waals surface area contributed by atoms with E-state index in [4.69, 9.17) is 5.11 Å². The van der Waals surface area contributed by atoms with E-state index in [0.717, 1.165) is 12.1 Å². The van der Waals surface area contributed by atoms with E-state index in [2.05, 4.69) is 16.0 Å². The molecule has 0 bridgehead atoms. The molecular formula is C27H37F5N4O6. The van der Waals surface area contributed by atoms with E-state index in [9.17, 15) is 45.9 Å². The summed E-state index contributed by atoms with van der Waals surface area (Å²) >= 11 is 0. The van der Waals surface area contributed by atoms with Gasteiger partial charge in [0.15, 0.2) is 0 Å². The summed E-state index contributed by atoms with van der Waals surface area (Å²) < 4.78 is 65.3. The number of carbonyl (C=O) groups is 5. The first-order chi connectivity index (χ1) is 19.3. The van der Waals surface area contributed by atoms with Gasteiger partial charge in [-0.25, -0.2) is 18.4 Å². The van der Waals surface area contributed by atoms with Crippen LogP contribution in [0.4, 0.5) is 26.7 Å². The van der Waals surface area contributed by atoms with E-state index in [-0.39, 0.29) is 24.4 Å². The second kappa shape index (κ2) is 16.0. The highest BCUT2D eigenvalue weighted by Crippen LogP contribution is 2.30. The number of carboxylic acid groups (broad SMARTS) is 1. The number of amides is 4. The minimum absolute atomic E-state index is 0.0193. The Balaban J connectivity index is 3.06. The fourth-order valence-electron chi connectivity index (χ4n) is 4.00. The molecule has 0 fully saturated rings. The maximum atomic E-state index is 13.2. The summed E-state index contributed by atoms with van der Waals surface area (Å²) in [6, 6.07) is -2.20. The highest BCUT2D eigenvalue weighted by atomic mass is 19.4. The maximum Gasteiger partial charge on any atom is 0.416 e. The molecule has 236 valence electrons. The number of benzene rings is 1. The zero-order chi connectivity index (χ0) is 32.4. The van der Waals surface area contributed by atoms with Gasteiger partial charge in [-0.05, 0) is 42.9 Å². The van der Waals surface area contributed by atoms with Crippen molar-refractivity contribution in [3.8, 4) is 0 Å². The maximum absolute atomic E-state index is 13.2. The van der Waals surface area contributed by atoms with Crippen molar-refractivity contribution in [2.75, 3.05) is 0 Å². The number of halogens is 5. The highest BCUT2D eigenvalue weighted by molar-refractivity contribution is 6.35. The smallest absolute Gasteiger partial charge is 0.416 e. The summed E-state index contributed by atoms with van der Waals surface area (Å²) in [6.45, 7) is 7.92. The number of urea groups is 1. The lowest BCUT2D eigenvalue weighted by Crippen LogP contribution is -2.58. The number of aliphatic carboxylic acids is 1. The topological polar surface area (TPSA) is 154 Å². The Morgan fingerprint density at radius 3 is 1.98 bits per heavy atom. The Bertz CT molecular complexity index is 1130. The molecule has 0 spiro atoms. The van der Waals surface area contributed by atoms with E-state index in [1.54, 1.807) is 27.7 Å². The first-order valence-electron chi connectivity index (χ1n) is 13.2. The summed E-state index contributed by atoms with van der Waals surface area (Å²) in [5.41, 5.74) is -0.383. The number of nitrogens with one attached hydrogen (secondary N) is 4. The molecule has 42 heavy (non-hydrogen) atoms. The van der Waals surface area contributed by atoms with E-state index in [0.29, 0.717) is 12.0 Å². The van der Waals surface area contributed by atoms with Crippen LogP contribution in [0.15, 0.2) is 18.2 Å². The van der Waals surface area contributed by atoms with Crippen molar-refractivity contribution in [3.63, 3.8) is 0 Å². The largest absolute Gasteiger partial charge is 0.475 e. The van der Waals surface area contributed by atoms with Gasteiger partial charge in [-0.2, -0.15) is 13.2 Å². The SMILES string of the molecule is CCC(C)C(NC(=O)NCc1cc(C)cc(C(F)(F)F)c1)C(=O)NC(CC(C)C)C(=O)NC(CC(F)F)C(=O)C(=O)O. The van der Waals surface area contributed by atoms with Crippen molar-refractivity contribution < 1.29 is 51.0 Å². The van der Waals surface area contributed by atoms with Gasteiger partial charge < -0.3 is 26.4 Å². The number of carboxylic acids is 1. The highest BCUT2D eigenvalue weighted by Gasteiger charge is 2.35. The van der Waals surface area contributed by atoms with Gasteiger partial charge in [0.05, 0.1) is 5.56 Å². The predicted molar refractivity (Wildman–Crippen MR) is 141 cm³/mol. The molecule has 10 nitrogen and oxygen atoms in total. The lowest BCUT2D eigenvalue weighted by atomic mass is 9.96.